The molecular weight excluding hydrogens is 620 g/mol. The van der Waals surface area contributed by atoms with Gasteiger partial charge >= 0.3 is 6.18 Å². The molecule has 1 atom stereocenters. The van der Waals surface area contributed by atoms with E-state index in [4.69, 9.17) is 15.2 Å². The predicted octanol–water partition coefficient (Wildman–Crippen LogP) is 5.41. The number of aliphatic hydroxyl groups is 1. The van der Waals surface area contributed by atoms with Gasteiger partial charge in [-0.25, -0.2) is 9.37 Å². The van der Waals surface area contributed by atoms with E-state index in [-0.39, 0.29) is 40.8 Å². The second kappa shape index (κ2) is 13.4. The summed E-state index contributed by atoms with van der Waals surface area (Å²) in [5, 5.41) is 13.5. The lowest BCUT2D eigenvalue weighted by Crippen LogP contribution is -2.51. The highest BCUT2D eigenvalue weighted by Gasteiger charge is 2.56. The van der Waals surface area contributed by atoms with Crippen LogP contribution >= 0.6 is 0 Å². The molecule has 9 nitrogen and oxygen atoms in total. The summed E-state index contributed by atoms with van der Waals surface area (Å²) in [6, 6.07) is 11.9. The summed E-state index contributed by atoms with van der Waals surface area (Å²) < 4.78 is 69.6. The molecule has 4 aromatic rings. The van der Waals surface area contributed by atoms with Gasteiger partial charge in [0.25, 0.3) is 5.91 Å². The zero-order chi connectivity index (χ0) is 33.9. The molecular formula is C34H32F4N4O5. The normalized spacial score (nSPS) is 14.3. The number of nitrogens with two attached hydrogens (primary N) is 1. The maximum atomic E-state index is 14.7. The van der Waals surface area contributed by atoms with Crippen LogP contribution < -0.4 is 20.5 Å². The fraction of sp³-hybridized carbons (Fsp3) is 0.294. The molecule has 0 aliphatic heterocycles. The Labute approximate surface area is 267 Å². The number of ether oxygens (including phenoxy) is 2. The maximum Gasteiger partial charge on any atom is 0.424 e. The minimum atomic E-state index is -5.35. The van der Waals surface area contributed by atoms with E-state index in [0.717, 1.165) is 42.2 Å². The van der Waals surface area contributed by atoms with Gasteiger partial charge in [-0.1, -0.05) is 0 Å². The van der Waals surface area contributed by atoms with Crippen molar-refractivity contribution in [1.82, 2.24) is 15.3 Å². The largest absolute Gasteiger partial charge is 0.491 e. The summed E-state index contributed by atoms with van der Waals surface area (Å²) in [6.07, 6.45) is -0.999. The summed E-state index contributed by atoms with van der Waals surface area (Å²) >= 11 is 0. The predicted molar refractivity (Wildman–Crippen MR) is 164 cm³/mol. The molecule has 2 aromatic heterocycles. The molecule has 5 rings (SSSR count). The highest BCUT2D eigenvalue weighted by molar-refractivity contribution is 5.95. The van der Waals surface area contributed by atoms with Crippen molar-refractivity contribution in [2.75, 3.05) is 13.2 Å². The summed E-state index contributed by atoms with van der Waals surface area (Å²) in [4.78, 5) is 33.5. The molecule has 1 fully saturated rings. The topological polar surface area (TPSA) is 137 Å². The second-order valence-electron chi connectivity index (χ2n) is 11.2. The highest BCUT2D eigenvalue weighted by atomic mass is 19.4. The Morgan fingerprint density at radius 1 is 1.06 bits per heavy atom. The van der Waals surface area contributed by atoms with Gasteiger partial charge in [0.1, 0.15) is 23.0 Å². The van der Waals surface area contributed by atoms with Crippen LogP contribution in [-0.4, -0.2) is 52.3 Å². The SMILES string of the molecule is CCOc1c(CC(N)=O)cc([C@@](O)(CNC(=O)c2ccc(-c3cnccc3C)c(OC3CC3)c2)C(F)(F)F)nc1-c1ccc(F)cc1. The molecule has 0 radical (unpaired) electrons. The molecule has 0 bridgehead atoms. The Bertz CT molecular complexity index is 1790. The number of nitrogens with zero attached hydrogens (tertiary/aromatic N) is 2. The van der Waals surface area contributed by atoms with Crippen LogP contribution in [0.25, 0.3) is 22.4 Å². The zero-order valence-electron chi connectivity index (χ0n) is 25.5. The third-order valence-corrected chi connectivity index (χ3v) is 7.61. The summed E-state index contributed by atoms with van der Waals surface area (Å²) in [7, 11) is 0. The first kappa shape index (κ1) is 33.3. The van der Waals surface area contributed by atoms with Crippen LogP contribution in [0.4, 0.5) is 17.6 Å². The number of hydrogen-bond donors (Lipinski definition) is 3. The van der Waals surface area contributed by atoms with Gasteiger partial charge in [-0.15, -0.1) is 0 Å². The van der Waals surface area contributed by atoms with Crippen molar-refractivity contribution in [3.05, 3.63) is 95.2 Å². The van der Waals surface area contributed by atoms with E-state index in [9.17, 15) is 32.3 Å². The van der Waals surface area contributed by atoms with Gasteiger partial charge in [-0.2, -0.15) is 13.2 Å². The number of rotatable bonds is 12. The fourth-order valence-corrected chi connectivity index (χ4v) is 4.97. The van der Waals surface area contributed by atoms with Crippen LogP contribution in [0.2, 0.25) is 0 Å². The van der Waals surface area contributed by atoms with E-state index >= 15 is 0 Å². The quantitative estimate of drug-likeness (QED) is 0.174. The number of nitrogens with one attached hydrogen (secondary N) is 1. The van der Waals surface area contributed by atoms with Gasteiger partial charge in [-0.05, 0) is 86.8 Å². The van der Waals surface area contributed by atoms with Crippen molar-refractivity contribution in [3.8, 4) is 33.9 Å². The average molecular weight is 653 g/mol. The third kappa shape index (κ3) is 7.35. The highest BCUT2D eigenvalue weighted by Crippen LogP contribution is 2.42. The summed E-state index contributed by atoms with van der Waals surface area (Å²) in [5.41, 5.74) is 2.97. The lowest BCUT2D eigenvalue weighted by atomic mass is 9.93. The number of carbonyl (C=O) groups is 2. The van der Waals surface area contributed by atoms with Crippen molar-refractivity contribution >= 4 is 11.8 Å². The van der Waals surface area contributed by atoms with Gasteiger partial charge in [0.05, 0.1) is 31.4 Å². The van der Waals surface area contributed by atoms with E-state index in [2.05, 4.69) is 15.3 Å². The molecule has 2 amide bonds. The van der Waals surface area contributed by atoms with E-state index in [1.165, 1.54) is 24.3 Å². The number of amides is 2. The Kier molecular flexibility index (Phi) is 9.48. The Balaban J connectivity index is 1.52. The molecule has 246 valence electrons. The molecule has 1 aliphatic rings. The number of alkyl halides is 3. The Morgan fingerprint density at radius 2 is 1.79 bits per heavy atom. The van der Waals surface area contributed by atoms with E-state index in [0.29, 0.717) is 11.3 Å². The number of benzene rings is 2. The van der Waals surface area contributed by atoms with Crippen LogP contribution in [0, 0.1) is 12.7 Å². The second-order valence-corrected chi connectivity index (χ2v) is 11.2. The van der Waals surface area contributed by atoms with Crippen LogP contribution in [0.5, 0.6) is 11.5 Å². The molecule has 1 saturated carbocycles. The van der Waals surface area contributed by atoms with Crippen molar-refractivity contribution in [1.29, 1.82) is 0 Å². The van der Waals surface area contributed by atoms with E-state index in [1.54, 1.807) is 25.4 Å². The van der Waals surface area contributed by atoms with Crippen molar-refractivity contribution in [2.45, 2.75) is 51.0 Å². The number of aryl methyl sites for hydroxylation is 1. The summed E-state index contributed by atoms with van der Waals surface area (Å²) in [6.45, 7) is 2.22. The molecule has 13 heteroatoms. The maximum absolute atomic E-state index is 14.7. The molecule has 0 spiro atoms. The van der Waals surface area contributed by atoms with E-state index < -0.39 is 48.1 Å². The third-order valence-electron chi connectivity index (χ3n) is 7.61. The standard InChI is InChI=1S/C34H32F4N4O5/c1-3-46-31-22(16-29(39)43)15-28(42-30(31)20-4-7-23(35)8-5-20)33(45,34(36,37)38)18-41-32(44)21-6-11-25(26-17-40-13-12-19(26)2)27(14-21)47-24-9-10-24/h4-8,11-15,17,24,45H,3,9-10,16,18H2,1-2H3,(H2,39,43)(H,41,44)/t33-/m0/s1. The van der Waals surface area contributed by atoms with Crippen molar-refractivity contribution in [3.63, 3.8) is 0 Å². The molecule has 0 saturated heterocycles. The fourth-order valence-electron chi connectivity index (χ4n) is 4.97. The molecule has 2 aromatic carbocycles. The molecule has 2 heterocycles. The van der Waals surface area contributed by atoms with Gasteiger partial charge < -0.3 is 25.6 Å². The number of aromatic nitrogens is 2. The van der Waals surface area contributed by atoms with Gasteiger partial charge in [0.2, 0.25) is 11.5 Å². The van der Waals surface area contributed by atoms with Crippen molar-refractivity contribution < 1.29 is 41.7 Å². The number of carbonyl (C=O) groups excluding carboxylic acids is 2. The molecule has 47 heavy (non-hydrogen) atoms. The molecule has 0 unspecified atom stereocenters. The Morgan fingerprint density at radius 3 is 2.40 bits per heavy atom. The first-order valence-corrected chi connectivity index (χ1v) is 14.8. The minimum Gasteiger partial charge on any atom is -0.491 e. The summed E-state index contributed by atoms with van der Waals surface area (Å²) in [5.74, 6) is -2.09. The molecule has 4 N–H and O–H groups in total. The monoisotopic (exact) mass is 652 g/mol. The van der Waals surface area contributed by atoms with Gasteiger partial charge in [-0.3, -0.25) is 14.6 Å². The smallest absolute Gasteiger partial charge is 0.424 e. The van der Waals surface area contributed by atoms with Gasteiger partial charge in [0.15, 0.2) is 0 Å². The van der Waals surface area contributed by atoms with Crippen LogP contribution in [0.3, 0.4) is 0 Å². The molecule has 1 aliphatic carbocycles. The van der Waals surface area contributed by atoms with E-state index in [1.807, 2.05) is 13.0 Å². The number of primary amides is 1. The minimum absolute atomic E-state index is 0.00320. The van der Waals surface area contributed by atoms with Crippen LogP contribution in [-0.2, 0) is 16.8 Å². The number of hydrogen-bond acceptors (Lipinski definition) is 7. The average Bonchev–Trinajstić information content (AvgIpc) is 3.84. The van der Waals surface area contributed by atoms with Crippen molar-refractivity contribution in [2.24, 2.45) is 5.73 Å². The number of pyridine rings is 2. The first-order chi connectivity index (χ1) is 22.3. The number of halogens is 4. The Hall–Kier alpha value is -5.04. The lowest BCUT2D eigenvalue weighted by Gasteiger charge is -2.31. The first-order valence-electron chi connectivity index (χ1n) is 14.8. The lowest BCUT2D eigenvalue weighted by molar-refractivity contribution is -0.265. The van der Waals surface area contributed by atoms with Crippen LogP contribution in [0.15, 0.2) is 67.0 Å². The van der Waals surface area contributed by atoms with Gasteiger partial charge in [0, 0.05) is 40.2 Å². The van der Waals surface area contributed by atoms with Crippen LogP contribution in [0.1, 0.15) is 46.9 Å². The zero-order valence-corrected chi connectivity index (χ0v) is 25.5.